The smallest absolute Gasteiger partial charge is 0.390 e. The molecule has 14 heteroatoms. The molecule has 1 fully saturated rings. The van der Waals surface area contributed by atoms with E-state index in [2.05, 4.69) is 36.2 Å². The van der Waals surface area contributed by atoms with Crippen LogP contribution in [-0.4, -0.2) is 75.3 Å². The summed E-state index contributed by atoms with van der Waals surface area (Å²) in [5.74, 6) is -0.499. The molecule has 1 aliphatic carbocycles. The van der Waals surface area contributed by atoms with Crippen LogP contribution in [0.5, 0.6) is 0 Å². The average molecular weight is 570 g/mol. The van der Waals surface area contributed by atoms with Crippen LogP contribution in [0, 0.1) is 12.8 Å². The molecule has 1 saturated carbocycles. The first-order valence-electron chi connectivity index (χ1n) is 12.7. The van der Waals surface area contributed by atoms with Gasteiger partial charge in [0.25, 0.3) is 0 Å². The number of nitrogens with zero attached hydrogens (tertiary/aromatic N) is 3. The second-order valence-corrected chi connectivity index (χ2v) is 9.81. The van der Waals surface area contributed by atoms with Crippen molar-refractivity contribution in [1.29, 1.82) is 0 Å². The third kappa shape index (κ3) is 7.67. The molecule has 1 aromatic carbocycles. The summed E-state index contributed by atoms with van der Waals surface area (Å²) in [6.07, 6.45) is -6.52. The zero-order valence-electron chi connectivity index (χ0n) is 22.1. The van der Waals surface area contributed by atoms with E-state index >= 15 is 0 Å². The molecule has 2 unspecified atom stereocenters. The Hall–Kier alpha value is -3.23. The number of nitrogens with one attached hydrogen (secondary N) is 4. The fraction of sp³-hybridized carbons (Fsp3) is 0.520. The number of alkyl halides is 3. The number of hydrogen-bond donors (Lipinski definition) is 6. The Kier molecular flexibility index (Phi) is 10.3. The van der Waals surface area contributed by atoms with Gasteiger partial charge in [-0.2, -0.15) is 18.2 Å². The van der Waals surface area contributed by atoms with E-state index in [1.54, 1.807) is 13.8 Å². The van der Waals surface area contributed by atoms with Crippen molar-refractivity contribution >= 4 is 39.4 Å². The van der Waals surface area contributed by atoms with E-state index in [0.29, 0.717) is 22.8 Å². The van der Waals surface area contributed by atoms with E-state index in [9.17, 15) is 28.2 Å². The number of hydrogen-bond acceptors (Lipinski definition) is 9. The standard InChI is InChI=1S/C23H28F3N7O3S.C2H6/c1-3-27-22(36)28-9-12-8-14(18(35)17(12)34)31-19-16(20-32-13-6-4-5-7-15(13)37-20)11(2)30-21(33-19)29-10-23(24,25)26;1-2/h4-7,12,14,17-18,34-35H,3,8-10H2,1-2H3,(H2,27,28,36)(H2,29,30,31,33);1-2H3/t12?,14?,17-,18+;/m1./s1. The van der Waals surface area contributed by atoms with Gasteiger partial charge in [-0.15, -0.1) is 11.3 Å². The molecule has 0 aliphatic heterocycles. The number of carbonyl (C=O) groups is 1. The maximum atomic E-state index is 12.8. The van der Waals surface area contributed by atoms with Gasteiger partial charge < -0.3 is 31.5 Å². The Balaban J connectivity index is 0.00000205. The van der Waals surface area contributed by atoms with E-state index in [1.807, 2.05) is 38.1 Å². The first-order valence-corrected chi connectivity index (χ1v) is 13.6. The molecule has 4 atom stereocenters. The Labute approximate surface area is 228 Å². The van der Waals surface area contributed by atoms with Crippen molar-refractivity contribution in [2.75, 3.05) is 30.3 Å². The highest BCUT2D eigenvalue weighted by molar-refractivity contribution is 7.21. The zero-order valence-corrected chi connectivity index (χ0v) is 23.0. The summed E-state index contributed by atoms with van der Waals surface area (Å²) in [6, 6.07) is 6.41. The van der Waals surface area contributed by atoms with Gasteiger partial charge in [0.05, 0.1) is 33.6 Å². The summed E-state index contributed by atoms with van der Waals surface area (Å²) in [5, 5.41) is 32.4. The molecule has 2 heterocycles. The molecule has 0 radical (unpaired) electrons. The van der Waals surface area contributed by atoms with Crippen LogP contribution in [-0.2, 0) is 0 Å². The van der Waals surface area contributed by atoms with Crippen molar-refractivity contribution in [3.8, 4) is 10.6 Å². The van der Waals surface area contributed by atoms with Crippen LogP contribution in [0.25, 0.3) is 20.8 Å². The molecule has 3 aromatic rings. The minimum Gasteiger partial charge on any atom is -0.390 e. The number of aryl methyl sites for hydroxylation is 1. The van der Waals surface area contributed by atoms with Gasteiger partial charge >= 0.3 is 12.2 Å². The molecular weight excluding hydrogens is 535 g/mol. The molecule has 2 aromatic heterocycles. The number of anilines is 2. The third-order valence-electron chi connectivity index (χ3n) is 6.03. The van der Waals surface area contributed by atoms with E-state index in [-0.39, 0.29) is 30.8 Å². The Morgan fingerprint density at radius 1 is 1.10 bits per heavy atom. The van der Waals surface area contributed by atoms with Gasteiger partial charge in [-0.25, -0.2) is 14.8 Å². The van der Waals surface area contributed by atoms with E-state index < -0.39 is 36.9 Å². The lowest BCUT2D eigenvalue weighted by molar-refractivity contribution is -0.115. The lowest BCUT2D eigenvalue weighted by Crippen LogP contribution is -2.41. The number of carbonyl (C=O) groups excluding carboxylic acids is 1. The SMILES string of the molecule is CC.CCNC(=O)NCC1CC(Nc2nc(NCC(F)(F)F)nc(C)c2-c2nc3ccccc3s2)[C@H](O)[C@@H]1O. The van der Waals surface area contributed by atoms with Crippen LogP contribution in [0.2, 0.25) is 0 Å². The van der Waals surface area contributed by atoms with Crippen molar-refractivity contribution in [1.82, 2.24) is 25.6 Å². The second kappa shape index (κ2) is 13.2. The monoisotopic (exact) mass is 569 g/mol. The van der Waals surface area contributed by atoms with Crippen LogP contribution in [0.1, 0.15) is 32.9 Å². The molecule has 6 N–H and O–H groups in total. The summed E-state index contributed by atoms with van der Waals surface area (Å²) in [7, 11) is 0. The van der Waals surface area contributed by atoms with Crippen molar-refractivity contribution < 1.29 is 28.2 Å². The van der Waals surface area contributed by atoms with E-state index in [1.165, 1.54) is 11.3 Å². The van der Waals surface area contributed by atoms with E-state index in [4.69, 9.17) is 0 Å². The number of rotatable bonds is 8. The number of aliphatic hydroxyl groups is 2. The number of amides is 2. The van der Waals surface area contributed by atoms with Crippen molar-refractivity contribution in [2.45, 2.75) is 58.5 Å². The van der Waals surface area contributed by atoms with Gasteiger partial charge in [0.1, 0.15) is 23.5 Å². The second-order valence-electron chi connectivity index (χ2n) is 8.78. The van der Waals surface area contributed by atoms with Gasteiger partial charge in [-0.05, 0) is 32.4 Å². The number of fused-ring (bicyclic) bond motifs is 1. The minimum atomic E-state index is -4.47. The normalized spacial score (nSPS) is 20.7. The van der Waals surface area contributed by atoms with Crippen LogP contribution in [0.4, 0.5) is 29.7 Å². The largest absolute Gasteiger partial charge is 0.405 e. The minimum absolute atomic E-state index is 0.133. The van der Waals surface area contributed by atoms with Crippen molar-refractivity contribution in [3.63, 3.8) is 0 Å². The predicted molar refractivity (Wildman–Crippen MR) is 146 cm³/mol. The lowest BCUT2D eigenvalue weighted by atomic mass is 10.1. The molecule has 2 amide bonds. The van der Waals surface area contributed by atoms with Gasteiger partial charge in [0, 0.05) is 19.0 Å². The number of thiazole rings is 1. The number of halogens is 3. The first kappa shape index (κ1) is 30.3. The third-order valence-corrected chi connectivity index (χ3v) is 7.08. The van der Waals surface area contributed by atoms with Crippen LogP contribution in [0.15, 0.2) is 24.3 Å². The highest BCUT2D eigenvalue weighted by atomic mass is 32.1. The molecule has 214 valence electrons. The molecule has 1 aliphatic rings. The summed E-state index contributed by atoms with van der Waals surface area (Å²) in [4.78, 5) is 24.9. The maximum Gasteiger partial charge on any atom is 0.405 e. The van der Waals surface area contributed by atoms with Gasteiger partial charge in [-0.1, -0.05) is 26.0 Å². The molecule has 0 bridgehead atoms. The van der Waals surface area contributed by atoms with Gasteiger partial charge in [-0.3, -0.25) is 0 Å². The summed E-state index contributed by atoms with van der Waals surface area (Å²) in [5.41, 5.74) is 1.63. The highest BCUT2D eigenvalue weighted by Gasteiger charge is 2.42. The number of aliphatic hydroxyl groups excluding tert-OH is 2. The summed E-state index contributed by atoms with van der Waals surface area (Å²) in [6.45, 7) is 6.68. The van der Waals surface area contributed by atoms with Crippen LogP contribution >= 0.6 is 11.3 Å². The first-order chi connectivity index (χ1) is 18.6. The maximum absolute atomic E-state index is 12.8. The van der Waals surface area contributed by atoms with Gasteiger partial charge in [0.2, 0.25) is 5.95 Å². The zero-order chi connectivity index (χ0) is 28.7. The number of para-hydroxylation sites is 1. The average Bonchev–Trinajstić information content (AvgIpc) is 3.43. The van der Waals surface area contributed by atoms with Crippen molar-refractivity contribution in [2.24, 2.45) is 5.92 Å². The number of urea groups is 1. The Morgan fingerprint density at radius 2 is 1.82 bits per heavy atom. The lowest BCUT2D eigenvalue weighted by Gasteiger charge is -2.21. The molecular formula is C25H34F3N7O3S. The molecule has 0 saturated heterocycles. The predicted octanol–water partition coefficient (Wildman–Crippen LogP) is 3.90. The topological polar surface area (TPSA) is 144 Å². The quantitative estimate of drug-likeness (QED) is 0.240. The van der Waals surface area contributed by atoms with Crippen LogP contribution in [0.3, 0.4) is 0 Å². The van der Waals surface area contributed by atoms with E-state index in [0.717, 1.165) is 10.2 Å². The van der Waals surface area contributed by atoms with Gasteiger partial charge in [0.15, 0.2) is 0 Å². The summed E-state index contributed by atoms with van der Waals surface area (Å²) >= 11 is 1.38. The Bertz CT molecular complexity index is 1220. The number of benzene rings is 1. The fourth-order valence-corrected chi connectivity index (χ4v) is 5.33. The molecule has 10 nitrogen and oxygen atoms in total. The Morgan fingerprint density at radius 3 is 2.49 bits per heavy atom. The summed E-state index contributed by atoms with van der Waals surface area (Å²) < 4.78 is 39.3. The fourth-order valence-electron chi connectivity index (χ4n) is 4.26. The molecule has 0 spiro atoms. The molecule has 39 heavy (non-hydrogen) atoms. The van der Waals surface area contributed by atoms with Crippen LogP contribution < -0.4 is 21.3 Å². The van der Waals surface area contributed by atoms with Crippen molar-refractivity contribution in [3.05, 3.63) is 30.0 Å². The highest BCUT2D eigenvalue weighted by Crippen LogP contribution is 2.38. The number of aromatic nitrogens is 3. The molecule has 4 rings (SSSR count).